The smallest absolute Gasteiger partial charge is 0.131 e. The summed E-state index contributed by atoms with van der Waals surface area (Å²) in [5.74, 6) is 5.11. The third kappa shape index (κ3) is 1.83. The van der Waals surface area contributed by atoms with Crippen LogP contribution in [-0.4, -0.2) is 11.7 Å². The van der Waals surface area contributed by atoms with Crippen molar-refractivity contribution in [1.82, 2.24) is 0 Å². The van der Waals surface area contributed by atoms with Crippen LogP contribution in [0.1, 0.15) is 5.56 Å². The van der Waals surface area contributed by atoms with Crippen LogP contribution in [0.5, 0.6) is 0 Å². The first kappa shape index (κ1) is 9.70. The quantitative estimate of drug-likeness (QED) is 0.647. The molecule has 0 atom stereocenters. The second-order valence-electron chi connectivity index (χ2n) is 3.10. The number of benzene rings is 2. The summed E-state index contributed by atoms with van der Waals surface area (Å²) >= 11 is 0. The molecule has 0 aromatic heterocycles. The Labute approximate surface area is 87.2 Å². The fourth-order valence-corrected chi connectivity index (χ4v) is 1.51. The molecule has 0 fully saturated rings. The van der Waals surface area contributed by atoms with E-state index in [9.17, 15) is 4.39 Å². The number of aliphatic hydroxyl groups excluding tert-OH is 1. The number of aliphatic hydroxyl groups is 1. The molecule has 2 aromatic carbocycles. The predicted molar refractivity (Wildman–Crippen MR) is 57.9 cm³/mol. The molecule has 2 aromatic rings. The van der Waals surface area contributed by atoms with Crippen LogP contribution < -0.4 is 0 Å². The minimum Gasteiger partial charge on any atom is -0.384 e. The first-order valence-corrected chi connectivity index (χ1v) is 4.60. The SMILES string of the molecule is OCC#Cc1ccc(F)c2ccccc12. The Kier molecular flexibility index (Phi) is 2.66. The highest BCUT2D eigenvalue weighted by molar-refractivity contribution is 5.88. The van der Waals surface area contributed by atoms with Gasteiger partial charge < -0.3 is 5.11 Å². The average molecular weight is 200 g/mol. The molecule has 0 saturated carbocycles. The molecular weight excluding hydrogens is 191 g/mol. The highest BCUT2D eigenvalue weighted by Crippen LogP contribution is 2.20. The predicted octanol–water partition coefficient (Wildman–Crippen LogP) is 2.32. The largest absolute Gasteiger partial charge is 0.384 e. The van der Waals surface area contributed by atoms with Crippen LogP contribution >= 0.6 is 0 Å². The molecule has 2 heteroatoms. The van der Waals surface area contributed by atoms with Gasteiger partial charge in [-0.15, -0.1) is 0 Å². The lowest BCUT2D eigenvalue weighted by molar-refractivity contribution is 0.350. The van der Waals surface area contributed by atoms with Crippen molar-refractivity contribution in [2.24, 2.45) is 0 Å². The van der Waals surface area contributed by atoms with E-state index in [1.54, 1.807) is 18.2 Å². The summed E-state index contributed by atoms with van der Waals surface area (Å²) in [4.78, 5) is 0. The maximum Gasteiger partial charge on any atom is 0.131 e. The van der Waals surface area contributed by atoms with Gasteiger partial charge in [0.1, 0.15) is 12.4 Å². The van der Waals surface area contributed by atoms with Crippen LogP contribution in [0.15, 0.2) is 36.4 Å². The van der Waals surface area contributed by atoms with E-state index in [-0.39, 0.29) is 12.4 Å². The second-order valence-corrected chi connectivity index (χ2v) is 3.10. The lowest BCUT2D eigenvalue weighted by Crippen LogP contribution is -1.84. The van der Waals surface area contributed by atoms with E-state index in [4.69, 9.17) is 5.11 Å². The summed E-state index contributed by atoms with van der Waals surface area (Å²) in [7, 11) is 0. The second kappa shape index (κ2) is 4.12. The van der Waals surface area contributed by atoms with Crippen molar-refractivity contribution in [1.29, 1.82) is 0 Å². The number of fused-ring (bicyclic) bond motifs is 1. The van der Waals surface area contributed by atoms with Gasteiger partial charge >= 0.3 is 0 Å². The Morgan fingerprint density at radius 2 is 1.80 bits per heavy atom. The molecular formula is C13H9FO. The van der Waals surface area contributed by atoms with Crippen LogP contribution in [-0.2, 0) is 0 Å². The fraction of sp³-hybridized carbons (Fsp3) is 0.0769. The average Bonchev–Trinajstić information content (AvgIpc) is 2.29. The highest BCUT2D eigenvalue weighted by atomic mass is 19.1. The molecule has 2 rings (SSSR count). The molecule has 0 aliphatic carbocycles. The van der Waals surface area contributed by atoms with Crippen LogP contribution in [0.2, 0.25) is 0 Å². The Hall–Kier alpha value is -1.85. The standard InChI is InChI=1S/C13H9FO/c14-13-8-7-10(4-3-9-15)11-5-1-2-6-12(11)13/h1-2,5-8,15H,9H2. The Balaban J connectivity index is 2.72. The van der Waals surface area contributed by atoms with Gasteiger partial charge in [-0.25, -0.2) is 4.39 Å². The van der Waals surface area contributed by atoms with E-state index < -0.39 is 0 Å². The van der Waals surface area contributed by atoms with Crippen molar-refractivity contribution in [3.63, 3.8) is 0 Å². The fourth-order valence-electron chi connectivity index (χ4n) is 1.51. The number of hydrogen-bond donors (Lipinski definition) is 1. The van der Waals surface area contributed by atoms with Gasteiger partial charge in [0.15, 0.2) is 0 Å². The van der Waals surface area contributed by atoms with Crippen molar-refractivity contribution in [2.45, 2.75) is 0 Å². The summed E-state index contributed by atoms with van der Waals surface area (Å²) in [5, 5.41) is 9.94. The van der Waals surface area contributed by atoms with Gasteiger partial charge in [-0.3, -0.25) is 0 Å². The van der Waals surface area contributed by atoms with E-state index in [1.165, 1.54) is 6.07 Å². The van der Waals surface area contributed by atoms with Crippen molar-refractivity contribution < 1.29 is 9.50 Å². The van der Waals surface area contributed by atoms with Crippen molar-refractivity contribution in [3.05, 3.63) is 47.8 Å². The van der Waals surface area contributed by atoms with Crippen molar-refractivity contribution >= 4 is 10.8 Å². The van der Waals surface area contributed by atoms with Crippen LogP contribution in [0, 0.1) is 17.7 Å². The van der Waals surface area contributed by atoms with Crippen LogP contribution in [0.4, 0.5) is 4.39 Å². The molecule has 0 saturated heterocycles. The van der Waals surface area contributed by atoms with E-state index in [1.807, 2.05) is 12.1 Å². The molecule has 0 heterocycles. The normalized spacial score (nSPS) is 9.73. The maximum atomic E-state index is 13.4. The lowest BCUT2D eigenvalue weighted by Gasteiger charge is -2.01. The zero-order valence-corrected chi connectivity index (χ0v) is 8.00. The van der Waals surface area contributed by atoms with Gasteiger partial charge in [-0.1, -0.05) is 36.1 Å². The summed E-state index contributed by atoms with van der Waals surface area (Å²) in [6.45, 7) is -0.189. The molecule has 74 valence electrons. The molecule has 0 unspecified atom stereocenters. The molecule has 0 bridgehead atoms. The van der Waals surface area contributed by atoms with Gasteiger partial charge in [0.25, 0.3) is 0 Å². The maximum absolute atomic E-state index is 13.4. The molecule has 1 N–H and O–H groups in total. The molecule has 0 amide bonds. The van der Waals surface area contributed by atoms with Gasteiger partial charge in [-0.2, -0.15) is 0 Å². The molecule has 15 heavy (non-hydrogen) atoms. The first-order chi connectivity index (χ1) is 7.33. The molecule has 0 aliphatic rings. The molecule has 0 aliphatic heterocycles. The summed E-state index contributed by atoms with van der Waals surface area (Å²) in [6, 6.07) is 10.2. The van der Waals surface area contributed by atoms with Crippen LogP contribution in [0.3, 0.4) is 0 Å². The van der Waals surface area contributed by atoms with Crippen LogP contribution in [0.25, 0.3) is 10.8 Å². The Morgan fingerprint density at radius 1 is 1.07 bits per heavy atom. The van der Waals surface area contributed by atoms with Gasteiger partial charge in [0, 0.05) is 16.3 Å². The summed E-state index contributed by atoms with van der Waals surface area (Å²) in [5.41, 5.74) is 0.737. The topological polar surface area (TPSA) is 20.2 Å². The molecule has 1 nitrogen and oxygen atoms in total. The van der Waals surface area contributed by atoms with E-state index >= 15 is 0 Å². The van der Waals surface area contributed by atoms with Gasteiger partial charge in [-0.05, 0) is 12.1 Å². The zero-order valence-electron chi connectivity index (χ0n) is 8.00. The Bertz CT molecular complexity index is 549. The minimum atomic E-state index is -0.250. The third-order valence-electron chi connectivity index (χ3n) is 2.17. The van der Waals surface area contributed by atoms with E-state index in [0.29, 0.717) is 5.39 Å². The number of halogens is 1. The first-order valence-electron chi connectivity index (χ1n) is 4.60. The zero-order chi connectivity index (χ0) is 10.7. The number of rotatable bonds is 0. The number of hydrogen-bond acceptors (Lipinski definition) is 1. The lowest BCUT2D eigenvalue weighted by atomic mass is 10.0. The van der Waals surface area contributed by atoms with Gasteiger partial charge in [0.05, 0.1) is 0 Å². The minimum absolute atomic E-state index is 0.189. The summed E-state index contributed by atoms with van der Waals surface area (Å²) in [6.07, 6.45) is 0. The van der Waals surface area contributed by atoms with E-state index in [0.717, 1.165) is 10.9 Å². The summed E-state index contributed by atoms with van der Waals surface area (Å²) < 4.78 is 13.4. The molecule has 0 spiro atoms. The van der Waals surface area contributed by atoms with Gasteiger partial charge in [0.2, 0.25) is 0 Å². The third-order valence-corrected chi connectivity index (χ3v) is 2.17. The van der Waals surface area contributed by atoms with Crippen molar-refractivity contribution in [3.8, 4) is 11.8 Å². The molecule has 0 radical (unpaired) electrons. The van der Waals surface area contributed by atoms with E-state index in [2.05, 4.69) is 11.8 Å². The highest BCUT2D eigenvalue weighted by Gasteiger charge is 2.02. The van der Waals surface area contributed by atoms with Crippen molar-refractivity contribution in [2.75, 3.05) is 6.61 Å². The monoisotopic (exact) mass is 200 g/mol. The Morgan fingerprint density at radius 3 is 2.53 bits per heavy atom.